The maximum atomic E-state index is 5.82. The minimum atomic E-state index is 0.413. The van der Waals surface area contributed by atoms with Crippen molar-refractivity contribution in [1.29, 1.82) is 0 Å². The number of hydrogen-bond donors (Lipinski definition) is 1. The largest absolute Gasteiger partial charge is 0.373 e. The molecule has 0 aromatic rings. The molecule has 0 amide bonds. The normalized spacial score (nSPS) is 42.6. The van der Waals surface area contributed by atoms with Gasteiger partial charge in [-0.1, -0.05) is 20.3 Å². The van der Waals surface area contributed by atoms with Gasteiger partial charge in [0.2, 0.25) is 0 Å². The number of hydrogen-bond acceptors (Lipinski definition) is 3. The van der Waals surface area contributed by atoms with Gasteiger partial charge in [0.1, 0.15) is 0 Å². The van der Waals surface area contributed by atoms with Gasteiger partial charge >= 0.3 is 0 Å². The van der Waals surface area contributed by atoms with E-state index in [4.69, 9.17) is 4.74 Å². The molecule has 2 unspecified atom stereocenters. The summed E-state index contributed by atoms with van der Waals surface area (Å²) in [7, 11) is 0. The van der Waals surface area contributed by atoms with Gasteiger partial charge in [0.05, 0.1) is 12.2 Å². The highest BCUT2D eigenvalue weighted by molar-refractivity contribution is 4.96. The molecule has 3 fully saturated rings. The standard InChI is InChI=1S/C13H24N2O.C3H8/c1-9-7-15(8-10(2)16-9)13-5-11-3-4-12(6-13)14-11;1-3-2/h9-14H,3-8H2,1-2H3;3H2,1-2H3/t9-,10+,11?,12?,13?;. The predicted molar refractivity (Wildman–Crippen MR) is 80.5 cm³/mol. The molecule has 112 valence electrons. The molecular weight excluding hydrogens is 236 g/mol. The topological polar surface area (TPSA) is 24.5 Å². The first-order valence-corrected chi connectivity index (χ1v) is 8.27. The van der Waals surface area contributed by atoms with E-state index in [0.717, 1.165) is 31.2 Å². The van der Waals surface area contributed by atoms with E-state index in [2.05, 4.69) is 37.9 Å². The van der Waals surface area contributed by atoms with Crippen LogP contribution in [0.5, 0.6) is 0 Å². The average molecular weight is 268 g/mol. The number of nitrogens with zero attached hydrogens (tertiary/aromatic N) is 1. The fourth-order valence-corrected chi connectivity index (χ4v) is 3.84. The second-order valence-electron chi connectivity index (χ2n) is 6.68. The fourth-order valence-electron chi connectivity index (χ4n) is 3.84. The first kappa shape index (κ1) is 15.3. The number of nitrogens with one attached hydrogen (secondary N) is 1. The molecule has 3 rings (SSSR count). The van der Waals surface area contributed by atoms with Gasteiger partial charge in [-0.15, -0.1) is 0 Å². The summed E-state index contributed by atoms with van der Waals surface area (Å²) >= 11 is 0. The van der Waals surface area contributed by atoms with Crippen LogP contribution >= 0.6 is 0 Å². The monoisotopic (exact) mass is 268 g/mol. The van der Waals surface area contributed by atoms with E-state index in [1.54, 1.807) is 0 Å². The van der Waals surface area contributed by atoms with Crippen LogP contribution in [-0.4, -0.2) is 48.3 Å². The van der Waals surface area contributed by atoms with Crippen molar-refractivity contribution in [2.45, 2.75) is 90.1 Å². The van der Waals surface area contributed by atoms with Crippen LogP contribution in [0.1, 0.15) is 59.8 Å². The lowest BCUT2D eigenvalue weighted by molar-refractivity contribution is -0.0851. The zero-order valence-electron chi connectivity index (χ0n) is 13.2. The molecule has 3 saturated heterocycles. The third-order valence-corrected chi connectivity index (χ3v) is 4.41. The Balaban J connectivity index is 0.000000408. The highest BCUT2D eigenvalue weighted by atomic mass is 16.5. The van der Waals surface area contributed by atoms with Gasteiger partial charge in [0.25, 0.3) is 0 Å². The molecule has 3 heterocycles. The molecule has 0 radical (unpaired) electrons. The zero-order valence-corrected chi connectivity index (χ0v) is 13.2. The molecule has 2 bridgehead atoms. The Bertz CT molecular complexity index is 249. The second-order valence-corrected chi connectivity index (χ2v) is 6.68. The van der Waals surface area contributed by atoms with Crippen LogP contribution in [-0.2, 0) is 4.74 Å². The maximum absolute atomic E-state index is 5.82. The quantitative estimate of drug-likeness (QED) is 0.791. The molecule has 3 nitrogen and oxygen atoms in total. The summed E-state index contributed by atoms with van der Waals surface area (Å²) in [6.07, 6.45) is 7.59. The number of fused-ring (bicyclic) bond motifs is 2. The Kier molecular flexibility index (Phi) is 5.67. The van der Waals surface area contributed by atoms with Crippen LogP contribution in [0.4, 0.5) is 0 Å². The third-order valence-electron chi connectivity index (χ3n) is 4.41. The molecule has 3 heteroatoms. The van der Waals surface area contributed by atoms with Gasteiger partial charge in [-0.2, -0.15) is 0 Å². The summed E-state index contributed by atoms with van der Waals surface area (Å²) < 4.78 is 5.82. The second kappa shape index (κ2) is 7.05. The summed E-state index contributed by atoms with van der Waals surface area (Å²) in [5.74, 6) is 0. The minimum absolute atomic E-state index is 0.413. The van der Waals surface area contributed by atoms with Gasteiger partial charge in [-0.3, -0.25) is 4.90 Å². The van der Waals surface area contributed by atoms with Crippen molar-refractivity contribution in [2.24, 2.45) is 0 Å². The average Bonchev–Trinajstić information content (AvgIpc) is 2.68. The molecule has 0 aromatic carbocycles. The molecular formula is C16H32N2O. The lowest BCUT2D eigenvalue weighted by atomic mass is 9.97. The fraction of sp³-hybridized carbons (Fsp3) is 1.00. The predicted octanol–water partition coefficient (Wildman–Crippen LogP) is 2.79. The maximum Gasteiger partial charge on any atom is 0.0678 e. The number of morpholine rings is 1. The van der Waals surface area contributed by atoms with E-state index in [-0.39, 0.29) is 0 Å². The van der Waals surface area contributed by atoms with E-state index in [9.17, 15) is 0 Å². The molecule has 0 spiro atoms. The van der Waals surface area contributed by atoms with Crippen LogP contribution in [0.3, 0.4) is 0 Å². The Morgan fingerprint density at radius 1 is 1.00 bits per heavy atom. The summed E-state index contributed by atoms with van der Waals surface area (Å²) in [4.78, 5) is 2.69. The first-order valence-electron chi connectivity index (χ1n) is 8.27. The summed E-state index contributed by atoms with van der Waals surface area (Å²) in [6, 6.07) is 2.42. The van der Waals surface area contributed by atoms with Crippen molar-refractivity contribution in [1.82, 2.24) is 10.2 Å². The van der Waals surface area contributed by atoms with Crippen LogP contribution < -0.4 is 5.32 Å². The minimum Gasteiger partial charge on any atom is -0.373 e. The summed E-state index contributed by atoms with van der Waals surface area (Å²) in [6.45, 7) is 10.9. The summed E-state index contributed by atoms with van der Waals surface area (Å²) in [5.41, 5.74) is 0. The van der Waals surface area contributed by atoms with Gasteiger partial charge in [0.15, 0.2) is 0 Å². The van der Waals surface area contributed by atoms with Crippen LogP contribution in [0, 0.1) is 0 Å². The zero-order chi connectivity index (χ0) is 13.8. The smallest absolute Gasteiger partial charge is 0.0678 e. The third kappa shape index (κ3) is 4.17. The van der Waals surface area contributed by atoms with Crippen LogP contribution in [0.15, 0.2) is 0 Å². The first-order chi connectivity index (χ1) is 9.12. The lowest BCUT2D eigenvalue weighted by Crippen LogP contribution is -2.54. The molecule has 0 aromatic heterocycles. The van der Waals surface area contributed by atoms with E-state index in [1.807, 2.05) is 0 Å². The van der Waals surface area contributed by atoms with Crippen LogP contribution in [0.2, 0.25) is 0 Å². The summed E-state index contributed by atoms with van der Waals surface area (Å²) in [5, 5.41) is 3.72. The van der Waals surface area contributed by atoms with Crippen molar-refractivity contribution in [2.75, 3.05) is 13.1 Å². The van der Waals surface area contributed by atoms with E-state index in [1.165, 1.54) is 32.1 Å². The van der Waals surface area contributed by atoms with Crippen molar-refractivity contribution >= 4 is 0 Å². The van der Waals surface area contributed by atoms with E-state index < -0.39 is 0 Å². The molecule has 4 atom stereocenters. The Labute approximate surface area is 119 Å². The number of ether oxygens (including phenoxy) is 1. The van der Waals surface area contributed by atoms with Crippen molar-refractivity contribution < 1.29 is 4.74 Å². The molecule has 1 N–H and O–H groups in total. The molecule has 3 aliphatic rings. The van der Waals surface area contributed by atoms with Crippen molar-refractivity contribution in [3.05, 3.63) is 0 Å². The Morgan fingerprint density at radius 2 is 1.47 bits per heavy atom. The van der Waals surface area contributed by atoms with Crippen LogP contribution in [0.25, 0.3) is 0 Å². The SMILES string of the molecule is CCC.C[C@@H]1CN(C2CC3CCC(C2)N3)C[C@H](C)O1. The Hall–Kier alpha value is -0.120. The van der Waals surface area contributed by atoms with E-state index in [0.29, 0.717) is 12.2 Å². The van der Waals surface area contributed by atoms with E-state index >= 15 is 0 Å². The number of rotatable bonds is 1. The number of piperidine rings is 1. The molecule has 0 saturated carbocycles. The van der Waals surface area contributed by atoms with Crippen molar-refractivity contribution in [3.63, 3.8) is 0 Å². The van der Waals surface area contributed by atoms with Crippen molar-refractivity contribution in [3.8, 4) is 0 Å². The molecule has 19 heavy (non-hydrogen) atoms. The van der Waals surface area contributed by atoms with Gasteiger partial charge < -0.3 is 10.1 Å². The van der Waals surface area contributed by atoms with Gasteiger partial charge in [-0.25, -0.2) is 0 Å². The van der Waals surface area contributed by atoms with Gasteiger partial charge in [0, 0.05) is 31.2 Å². The Morgan fingerprint density at radius 3 is 1.95 bits per heavy atom. The lowest BCUT2D eigenvalue weighted by Gasteiger charge is -2.43. The molecule has 0 aliphatic carbocycles. The highest BCUT2D eigenvalue weighted by Crippen LogP contribution is 2.31. The van der Waals surface area contributed by atoms with Gasteiger partial charge in [-0.05, 0) is 39.5 Å². The molecule has 3 aliphatic heterocycles. The highest BCUT2D eigenvalue weighted by Gasteiger charge is 2.37.